The molecule has 3 heteroatoms. The molecule has 1 amide bonds. The molecular formula is C20H23NO2. The smallest absolute Gasteiger partial charge is 0.223 e. The van der Waals surface area contributed by atoms with Gasteiger partial charge < -0.3 is 9.64 Å². The molecule has 1 aliphatic rings. The van der Waals surface area contributed by atoms with Crippen LogP contribution in [0.1, 0.15) is 25.8 Å². The van der Waals surface area contributed by atoms with Gasteiger partial charge in [-0.2, -0.15) is 0 Å². The largest absolute Gasteiger partial charge is 0.457 e. The Balaban J connectivity index is 1.62. The van der Waals surface area contributed by atoms with Crippen molar-refractivity contribution in [3.63, 3.8) is 0 Å². The molecule has 0 saturated carbocycles. The van der Waals surface area contributed by atoms with Gasteiger partial charge in [0.15, 0.2) is 0 Å². The first-order chi connectivity index (χ1) is 11.1. The highest BCUT2D eigenvalue weighted by Gasteiger charge is 2.28. The van der Waals surface area contributed by atoms with Gasteiger partial charge in [0.1, 0.15) is 11.5 Å². The van der Waals surface area contributed by atoms with Crippen LogP contribution in [0.5, 0.6) is 11.5 Å². The van der Waals surface area contributed by atoms with E-state index in [4.69, 9.17) is 4.74 Å². The Morgan fingerprint density at radius 2 is 1.61 bits per heavy atom. The molecule has 1 saturated heterocycles. The Morgan fingerprint density at radius 1 is 0.957 bits per heavy atom. The van der Waals surface area contributed by atoms with Gasteiger partial charge >= 0.3 is 0 Å². The maximum atomic E-state index is 12.2. The fourth-order valence-electron chi connectivity index (χ4n) is 2.90. The Kier molecular flexibility index (Phi) is 4.65. The number of carbonyl (C=O) groups is 1. The molecule has 0 radical (unpaired) electrons. The van der Waals surface area contributed by atoms with E-state index < -0.39 is 0 Å². The summed E-state index contributed by atoms with van der Waals surface area (Å²) in [5.74, 6) is 2.95. The molecule has 120 valence electrons. The van der Waals surface area contributed by atoms with Gasteiger partial charge in [-0.05, 0) is 41.7 Å². The SMILES string of the molecule is CC1CC(=O)N(Cc2ccc(Oc3ccccc3)cc2)CC1C. The van der Waals surface area contributed by atoms with E-state index in [-0.39, 0.29) is 5.91 Å². The van der Waals surface area contributed by atoms with E-state index in [2.05, 4.69) is 13.8 Å². The number of nitrogens with zero attached hydrogens (tertiary/aromatic N) is 1. The molecule has 0 N–H and O–H groups in total. The Bertz CT molecular complexity index is 651. The Labute approximate surface area is 137 Å². The molecule has 3 nitrogen and oxygen atoms in total. The standard InChI is InChI=1S/C20H23NO2/c1-15-12-20(22)21(13-16(15)2)14-17-8-10-19(11-9-17)23-18-6-4-3-5-7-18/h3-11,15-16H,12-14H2,1-2H3. The summed E-state index contributed by atoms with van der Waals surface area (Å²) in [5, 5.41) is 0. The lowest BCUT2D eigenvalue weighted by atomic mass is 9.88. The Morgan fingerprint density at radius 3 is 2.30 bits per heavy atom. The number of benzene rings is 2. The van der Waals surface area contributed by atoms with Gasteiger partial charge in [0.25, 0.3) is 0 Å². The average Bonchev–Trinajstić information content (AvgIpc) is 2.55. The minimum atomic E-state index is 0.264. The third-order valence-corrected chi connectivity index (χ3v) is 4.60. The minimum absolute atomic E-state index is 0.264. The highest BCUT2D eigenvalue weighted by molar-refractivity contribution is 5.77. The van der Waals surface area contributed by atoms with Crippen LogP contribution in [0.3, 0.4) is 0 Å². The molecule has 2 atom stereocenters. The molecule has 2 aromatic carbocycles. The number of likely N-dealkylation sites (tertiary alicyclic amines) is 1. The first kappa shape index (κ1) is 15.6. The van der Waals surface area contributed by atoms with Crippen molar-refractivity contribution in [2.45, 2.75) is 26.8 Å². The summed E-state index contributed by atoms with van der Waals surface area (Å²) in [6.07, 6.45) is 0.663. The summed E-state index contributed by atoms with van der Waals surface area (Å²) in [6, 6.07) is 17.7. The van der Waals surface area contributed by atoms with Crippen LogP contribution in [0.2, 0.25) is 0 Å². The van der Waals surface area contributed by atoms with Crippen molar-refractivity contribution in [2.24, 2.45) is 11.8 Å². The molecule has 1 heterocycles. The summed E-state index contributed by atoms with van der Waals surface area (Å²) in [6.45, 7) is 5.92. The molecular weight excluding hydrogens is 286 g/mol. The molecule has 0 aromatic heterocycles. The highest BCUT2D eigenvalue weighted by Crippen LogP contribution is 2.26. The van der Waals surface area contributed by atoms with Gasteiger partial charge in [0, 0.05) is 19.5 Å². The van der Waals surface area contributed by atoms with E-state index >= 15 is 0 Å². The molecule has 3 rings (SSSR count). The van der Waals surface area contributed by atoms with E-state index in [9.17, 15) is 4.79 Å². The lowest BCUT2D eigenvalue weighted by Crippen LogP contribution is -2.42. The first-order valence-electron chi connectivity index (χ1n) is 8.21. The third-order valence-electron chi connectivity index (χ3n) is 4.60. The van der Waals surface area contributed by atoms with E-state index in [0.29, 0.717) is 24.8 Å². The number of para-hydroxylation sites is 1. The minimum Gasteiger partial charge on any atom is -0.457 e. The van der Waals surface area contributed by atoms with Crippen molar-refractivity contribution in [3.05, 3.63) is 60.2 Å². The van der Waals surface area contributed by atoms with Crippen LogP contribution in [-0.4, -0.2) is 17.4 Å². The normalized spacial score (nSPS) is 21.3. The van der Waals surface area contributed by atoms with Crippen molar-refractivity contribution >= 4 is 5.91 Å². The molecule has 2 unspecified atom stereocenters. The molecule has 0 bridgehead atoms. The van der Waals surface area contributed by atoms with Crippen molar-refractivity contribution in [2.75, 3.05) is 6.54 Å². The average molecular weight is 309 g/mol. The van der Waals surface area contributed by atoms with Gasteiger partial charge in [0.2, 0.25) is 5.91 Å². The molecule has 1 aliphatic heterocycles. The number of ether oxygens (including phenoxy) is 1. The van der Waals surface area contributed by atoms with E-state index in [1.807, 2.05) is 59.5 Å². The van der Waals surface area contributed by atoms with E-state index in [0.717, 1.165) is 23.6 Å². The van der Waals surface area contributed by atoms with Crippen molar-refractivity contribution < 1.29 is 9.53 Å². The van der Waals surface area contributed by atoms with Gasteiger partial charge in [0.05, 0.1) is 0 Å². The molecule has 0 spiro atoms. The van der Waals surface area contributed by atoms with Crippen LogP contribution in [0, 0.1) is 11.8 Å². The lowest BCUT2D eigenvalue weighted by molar-refractivity contribution is -0.137. The monoisotopic (exact) mass is 309 g/mol. The number of piperidine rings is 1. The molecule has 2 aromatic rings. The zero-order valence-electron chi connectivity index (χ0n) is 13.7. The number of amides is 1. The van der Waals surface area contributed by atoms with Crippen LogP contribution in [0.25, 0.3) is 0 Å². The quantitative estimate of drug-likeness (QED) is 0.833. The van der Waals surface area contributed by atoms with Crippen molar-refractivity contribution in [3.8, 4) is 11.5 Å². The summed E-state index contributed by atoms with van der Waals surface area (Å²) in [7, 11) is 0. The van der Waals surface area contributed by atoms with Crippen LogP contribution in [0.15, 0.2) is 54.6 Å². The van der Waals surface area contributed by atoms with Crippen molar-refractivity contribution in [1.29, 1.82) is 0 Å². The highest BCUT2D eigenvalue weighted by atomic mass is 16.5. The summed E-state index contributed by atoms with van der Waals surface area (Å²) in [4.78, 5) is 14.1. The number of hydrogen-bond acceptors (Lipinski definition) is 2. The second-order valence-corrected chi connectivity index (χ2v) is 6.49. The van der Waals surface area contributed by atoms with Crippen LogP contribution < -0.4 is 4.74 Å². The van der Waals surface area contributed by atoms with E-state index in [1.54, 1.807) is 0 Å². The predicted octanol–water partition coefficient (Wildman–Crippen LogP) is 4.48. The van der Waals surface area contributed by atoms with Gasteiger partial charge in [-0.1, -0.05) is 44.2 Å². The van der Waals surface area contributed by atoms with Gasteiger partial charge in [-0.25, -0.2) is 0 Å². The summed E-state index contributed by atoms with van der Waals surface area (Å²) in [5.41, 5.74) is 1.14. The topological polar surface area (TPSA) is 29.5 Å². The molecule has 23 heavy (non-hydrogen) atoms. The van der Waals surface area contributed by atoms with Gasteiger partial charge in [-0.3, -0.25) is 4.79 Å². The number of carbonyl (C=O) groups excluding carboxylic acids is 1. The Hall–Kier alpha value is -2.29. The van der Waals surface area contributed by atoms with Crippen LogP contribution >= 0.6 is 0 Å². The fourth-order valence-corrected chi connectivity index (χ4v) is 2.90. The third kappa shape index (κ3) is 3.92. The van der Waals surface area contributed by atoms with Gasteiger partial charge in [-0.15, -0.1) is 0 Å². The maximum Gasteiger partial charge on any atom is 0.223 e. The van der Waals surface area contributed by atoms with E-state index in [1.165, 1.54) is 0 Å². The summed E-state index contributed by atoms with van der Waals surface area (Å²) >= 11 is 0. The van der Waals surface area contributed by atoms with Crippen molar-refractivity contribution in [1.82, 2.24) is 4.90 Å². The molecule has 1 fully saturated rings. The maximum absolute atomic E-state index is 12.2. The summed E-state index contributed by atoms with van der Waals surface area (Å²) < 4.78 is 5.80. The zero-order chi connectivity index (χ0) is 16.2. The second-order valence-electron chi connectivity index (χ2n) is 6.49. The zero-order valence-corrected chi connectivity index (χ0v) is 13.7. The number of hydrogen-bond donors (Lipinski definition) is 0. The lowest BCUT2D eigenvalue weighted by Gasteiger charge is -2.35. The van der Waals surface area contributed by atoms with Crippen LogP contribution in [0.4, 0.5) is 0 Å². The second kappa shape index (κ2) is 6.86. The molecule has 0 aliphatic carbocycles. The fraction of sp³-hybridized carbons (Fsp3) is 0.350. The van der Waals surface area contributed by atoms with Crippen LogP contribution in [-0.2, 0) is 11.3 Å². The first-order valence-corrected chi connectivity index (χ1v) is 8.21. The number of rotatable bonds is 4. The predicted molar refractivity (Wildman–Crippen MR) is 91.3 cm³/mol.